The van der Waals surface area contributed by atoms with Gasteiger partial charge in [0.25, 0.3) is 0 Å². The predicted molar refractivity (Wildman–Crippen MR) is 78.6 cm³/mol. The first-order valence-electron chi connectivity index (χ1n) is 7.55. The quantitative estimate of drug-likeness (QED) is 0.880. The number of fused-ring (bicyclic) bond motifs is 1. The maximum absolute atomic E-state index is 12.7. The van der Waals surface area contributed by atoms with E-state index in [0.29, 0.717) is 12.6 Å². The van der Waals surface area contributed by atoms with Gasteiger partial charge in [0.1, 0.15) is 6.04 Å². The second-order valence-electron chi connectivity index (χ2n) is 5.75. The van der Waals surface area contributed by atoms with Gasteiger partial charge >= 0.3 is 0 Å². The summed E-state index contributed by atoms with van der Waals surface area (Å²) in [4.78, 5) is 14.6. The zero-order valence-electron chi connectivity index (χ0n) is 11.7. The van der Waals surface area contributed by atoms with Crippen molar-refractivity contribution in [2.45, 2.75) is 44.2 Å². The molecule has 1 atom stereocenters. The Morgan fingerprint density at radius 1 is 1.30 bits per heavy atom. The monoisotopic (exact) mass is 274 g/mol. The molecule has 0 aromatic heterocycles. The number of amides is 1. The van der Waals surface area contributed by atoms with Crippen LogP contribution in [0.1, 0.15) is 31.2 Å². The van der Waals surface area contributed by atoms with Crippen molar-refractivity contribution in [3.05, 3.63) is 29.8 Å². The number of aliphatic hydroxyl groups excluding tert-OH is 1. The van der Waals surface area contributed by atoms with Crippen molar-refractivity contribution in [2.24, 2.45) is 0 Å². The van der Waals surface area contributed by atoms with Gasteiger partial charge in [0.05, 0.1) is 6.61 Å². The van der Waals surface area contributed by atoms with Gasteiger partial charge in [-0.25, -0.2) is 0 Å². The van der Waals surface area contributed by atoms with E-state index in [9.17, 15) is 9.90 Å². The summed E-state index contributed by atoms with van der Waals surface area (Å²) in [5.74, 6) is 0.141. The smallest absolute Gasteiger partial charge is 0.245 e. The third kappa shape index (κ3) is 2.52. The zero-order valence-corrected chi connectivity index (χ0v) is 11.7. The molecule has 0 spiro atoms. The molecule has 20 heavy (non-hydrogen) atoms. The highest BCUT2D eigenvalue weighted by Crippen LogP contribution is 2.29. The minimum Gasteiger partial charge on any atom is -0.395 e. The van der Waals surface area contributed by atoms with E-state index in [1.807, 2.05) is 23.1 Å². The molecule has 1 aromatic rings. The van der Waals surface area contributed by atoms with E-state index in [-0.39, 0.29) is 18.6 Å². The Balaban J connectivity index is 1.71. The number of carbonyl (C=O) groups excluding carboxylic acids is 1. The Labute approximate surface area is 119 Å². The van der Waals surface area contributed by atoms with Crippen LogP contribution in [0.2, 0.25) is 0 Å². The normalized spacial score (nSPS) is 21.6. The van der Waals surface area contributed by atoms with Crippen molar-refractivity contribution in [1.82, 2.24) is 4.90 Å². The van der Waals surface area contributed by atoms with Crippen molar-refractivity contribution >= 4 is 11.6 Å². The Morgan fingerprint density at radius 2 is 2.05 bits per heavy atom. The lowest BCUT2D eigenvalue weighted by Crippen LogP contribution is -2.47. The lowest BCUT2D eigenvalue weighted by atomic mass is 10.1. The second kappa shape index (κ2) is 5.83. The van der Waals surface area contributed by atoms with Crippen LogP contribution in [0.15, 0.2) is 24.3 Å². The molecule has 4 heteroatoms. The number of rotatable bonds is 4. The summed E-state index contributed by atoms with van der Waals surface area (Å²) in [6, 6.07) is 8.24. The van der Waals surface area contributed by atoms with Crippen molar-refractivity contribution < 1.29 is 9.90 Å². The zero-order chi connectivity index (χ0) is 13.9. The fourth-order valence-corrected chi connectivity index (χ4v) is 3.44. The SMILES string of the molecule is O=C([C@@H]1Cc2ccccc2N1)N(CCO)C1CCCC1. The van der Waals surface area contributed by atoms with Crippen LogP contribution >= 0.6 is 0 Å². The van der Waals surface area contributed by atoms with Gasteiger partial charge in [0.15, 0.2) is 0 Å². The van der Waals surface area contributed by atoms with Gasteiger partial charge in [-0.15, -0.1) is 0 Å². The first-order chi connectivity index (χ1) is 9.79. The molecule has 1 fully saturated rings. The summed E-state index contributed by atoms with van der Waals surface area (Å²) in [6.45, 7) is 0.500. The lowest BCUT2D eigenvalue weighted by molar-refractivity contribution is -0.134. The van der Waals surface area contributed by atoms with E-state index >= 15 is 0 Å². The molecule has 0 unspecified atom stereocenters. The molecule has 1 heterocycles. The molecule has 4 nitrogen and oxygen atoms in total. The molecule has 1 aromatic carbocycles. The molecule has 0 saturated heterocycles. The third-order valence-corrected chi connectivity index (χ3v) is 4.46. The fraction of sp³-hybridized carbons (Fsp3) is 0.562. The number of benzene rings is 1. The lowest BCUT2D eigenvalue weighted by Gasteiger charge is -2.30. The van der Waals surface area contributed by atoms with Gasteiger partial charge in [-0.05, 0) is 24.5 Å². The largest absolute Gasteiger partial charge is 0.395 e. The first kappa shape index (κ1) is 13.4. The van der Waals surface area contributed by atoms with Crippen molar-refractivity contribution in [3.63, 3.8) is 0 Å². The molecule has 1 aliphatic heterocycles. The van der Waals surface area contributed by atoms with Gasteiger partial charge in [-0.1, -0.05) is 31.0 Å². The molecule has 0 bridgehead atoms. The van der Waals surface area contributed by atoms with Gasteiger partial charge in [-0.3, -0.25) is 4.79 Å². The number of nitrogens with one attached hydrogen (secondary N) is 1. The highest BCUT2D eigenvalue weighted by atomic mass is 16.3. The van der Waals surface area contributed by atoms with E-state index in [1.54, 1.807) is 0 Å². The van der Waals surface area contributed by atoms with Crippen molar-refractivity contribution in [2.75, 3.05) is 18.5 Å². The number of para-hydroxylation sites is 1. The summed E-state index contributed by atoms with van der Waals surface area (Å²) in [7, 11) is 0. The Kier molecular flexibility index (Phi) is 3.92. The van der Waals surface area contributed by atoms with Crippen LogP contribution in [0.25, 0.3) is 0 Å². The molecule has 1 saturated carbocycles. The molecule has 2 aliphatic rings. The van der Waals surface area contributed by atoms with Gasteiger partial charge in [0, 0.05) is 24.7 Å². The number of aliphatic hydroxyl groups is 1. The maximum Gasteiger partial charge on any atom is 0.245 e. The van der Waals surface area contributed by atoms with Crippen LogP contribution in [0, 0.1) is 0 Å². The highest BCUT2D eigenvalue weighted by molar-refractivity contribution is 5.87. The van der Waals surface area contributed by atoms with Crippen LogP contribution in [-0.4, -0.2) is 41.1 Å². The third-order valence-electron chi connectivity index (χ3n) is 4.46. The van der Waals surface area contributed by atoms with E-state index in [1.165, 1.54) is 18.4 Å². The molecule has 1 amide bonds. The topological polar surface area (TPSA) is 52.6 Å². The second-order valence-corrected chi connectivity index (χ2v) is 5.75. The summed E-state index contributed by atoms with van der Waals surface area (Å²) in [6.07, 6.45) is 5.29. The van der Waals surface area contributed by atoms with E-state index < -0.39 is 0 Å². The Hall–Kier alpha value is -1.55. The number of hydrogen-bond donors (Lipinski definition) is 2. The van der Waals surface area contributed by atoms with Gasteiger partial charge < -0.3 is 15.3 Å². The van der Waals surface area contributed by atoms with Crippen molar-refractivity contribution in [1.29, 1.82) is 0 Å². The summed E-state index contributed by atoms with van der Waals surface area (Å²) in [5.41, 5.74) is 2.28. The van der Waals surface area contributed by atoms with Crippen LogP contribution < -0.4 is 5.32 Å². The van der Waals surface area contributed by atoms with Crippen LogP contribution in [0.3, 0.4) is 0 Å². The average molecular weight is 274 g/mol. The summed E-state index contributed by atoms with van der Waals surface area (Å²) < 4.78 is 0. The minimum absolute atomic E-state index is 0.0436. The van der Waals surface area contributed by atoms with E-state index in [0.717, 1.165) is 24.9 Å². The highest BCUT2D eigenvalue weighted by Gasteiger charge is 2.34. The number of anilines is 1. The molecule has 108 valence electrons. The Morgan fingerprint density at radius 3 is 2.75 bits per heavy atom. The number of nitrogens with zero attached hydrogens (tertiary/aromatic N) is 1. The Bertz CT molecular complexity index is 458. The molecule has 0 radical (unpaired) electrons. The molecular weight excluding hydrogens is 252 g/mol. The van der Waals surface area contributed by atoms with Gasteiger partial charge in [-0.2, -0.15) is 0 Å². The number of carbonyl (C=O) groups is 1. The first-order valence-corrected chi connectivity index (χ1v) is 7.55. The summed E-state index contributed by atoms with van der Waals surface area (Å²) in [5, 5.41) is 12.6. The fourth-order valence-electron chi connectivity index (χ4n) is 3.44. The molecular formula is C16H22N2O2. The number of hydrogen-bond acceptors (Lipinski definition) is 3. The van der Waals surface area contributed by atoms with Crippen LogP contribution in [0.5, 0.6) is 0 Å². The molecule has 3 rings (SSSR count). The van der Waals surface area contributed by atoms with Crippen molar-refractivity contribution in [3.8, 4) is 0 Å². The summed E-state index contributed by atoms with van der Waals surface area (Å²) >= 11 is 0. The van der Waals surface area contributed by atoms with Crippen LogP contribution in [-0.2, 0) is 11.2 Å². The molecule has 1 aliphatic carbocycles. The van der Waals surface area contributed by atoms with E-state index in [2.05, 4.69) is 11.4 Å². The maximum atomic E-state index is 12.7. The average Bonchev–Trinajstić information content (AvgIpc) is 3.12. The standard InChI is InChI=1S/C16H22N2O2/c19-10-9-18(13-6-2-3-7-13)16(20)15-11-12-5-1-4-8-14(12)17-15/h1,4-5,8,13,15,17,19H,2-3,6-7,9-11H2/t15-/m0/s1. The minimum atomic E-state index is -0.167. The van der Waals surface area contributed by atoms with Gasteiger partial charge in [0.2, 0.25) is 5.91 Å². The van der Waals surface area contributed by atoms with Crippen LogP contribution in [0.4, 0.5) is 5.69 Å². The predicted octanol–water partition coefficient (Wildman–Crippen LogP) is 1.79. The van der Waals surface area contributed by atoms with E-state index in [4.69, 9.17) is 0 Å². The molecule has 2 N–H and O–H groups in total.